The van der Waals surface area contributed by atoms with Gasteiger partial charge >= 0.3 is 0 Å². The Morgan fingerprint density at radius 3 is 2.83 bits per heavy atom. The lowest BCUT2D eigenvalue weighted by molar-refractivity contribution is 0.0938. The van der Waals surface area contributed by atoms with Crippen molar-refractivity contribution in [3.8, 4) is 5.75 Å². The van der Waals surface area contributed by atoms with Gasteiger partial charge in [-0.1, -0.05) is 47.1 Å². The third-order valence-corrected chi connectivity index (χ3v) is 5.45. The number of nitrogens with one attached hydrogen (secondary N) is 1. The molecule has 24 heavy (non-hydrogen) atoms. The normalized spacial score (nSPS) is 18.0. The van der Waals surface area contributed by atoms with E-state index in [1.165, 1.54) is 6.42 Å². The number of carbonyl (C=O) groups excluding carboxylic acids is 1. The Bertz CT molecular complexity index is 747. The summed E-state index contributed by atoms with van der Waals surface area (Å²) in [4.78, 5) is 15.2. The maximum Gasteiger partial charge on any atom is 0.255 e. The zero-order chi connectivity index (χ0) is 17.1. The highest BCUT2D eigenvalue weighted by Crippen LogP contribution is 2.35. The van der Waals surface area contributed by atoms with Crippen LogP contribution in [0.2, 0.25) is 0 Å². The zero-order valence-electron chi connectivity index (χ0n) is 14.1. The van der Waals surface area contributed by atoms with Crippen LogP contribution in [0, 0.1) is 0 Å². The molecule has 3 rings (SSSR count). The van der Waals surface area contributed by atoms with Crippen molar-refractivity contribution in [2.75, 3.05) is 26.7 Å². The molecule has 1 unspecified atom stereocenters. The van der Waals surface area contributed by atoms with Gasteiger partial charge in [0.15, 0.2) is 0 Å². The van der Waals surface area contributed by atoms with Gasteiger partial charge in [0.25, 0.3) is 5.91 Å². The van der Waals surface area contributed by atoms with Gasteiger partial charge in [0.05, 0.1) is 12.7 Å². The fourth-order valence-corrected chi connectivity index (χ4v) is 4.12. The van der Waals surface area contributed by atoms with Crippen LogP contribution in [-0.4, -0.2) is 43.6 Å². The minimum atomic E-state index is -0.0822. The molecule has 1 amide bonds. The van der Waals surface area contributed by atoms with E-state index >= 15 is 0 Å². The number of ether oxygens (including phenoxy) is 1. The standard InChI is InChI=1S/C19H23BrN2O2/c1-3-22-10-6-7-13(22)12-21-19(23)16-11-17(20)14-8-4-5-9-15(14)18(16)24-2/h4-5,8-9,11,13H,3,6-7,10,12H2,1-2H3,(H,21,23). The molecule has 0 aliphatic carbocycles. The maximum absolute atomic E-state index is 12.7. The van der Waals surface area contributed by atoms with Crippen molar-refractivity contribution < 1.29 is 9.53 Å². The molecule has 2 aromatic rings. The third kappa shape index (κ3) is 3.28. The second-order valence-corrected chi connectivity index (χ2v) is 6.97. The predicted octanol–water partition coefficient (Wildman–Crippen LogP) is 3.83. The Labute approximate surface area is 151 Å². The fraction of sp³-hybridized carbons (Fsp3) is 0.421. The quantitative estimate of drug-likeness (QED) is 0.843. The highest BCUT2D eigenvalue weighted by atomic mass is 79.9. The summed E-state index contributed by atoms with van der Waals surface area (Å²) in [7, 11) is 1.61. The molecule has 1 N–H and O–H groups in total. The number of carbonyl (C=O) groups is 1. The van der Waals surface area contributed by atoms with Gasteiger partial charge in [-0.05, 0) is 37.4 Å². The predicted molar refractivity (Wildman–Crippen MR) is 101 cm³/mol. The largest absolute Gasteiger partial charge is 0.495 e. The monoisotopic (exact) mass is 390 g/mol. The van der Waals surface area contributed by atoms with E-state index < -0.39 is 0 Å². The number of methoxy groups -OCH3 is 1. The number of halogens is 1. The van der Waals surface area contributed by atoms with Crippen LogP contribution in [0.1, 0.15) is 30.1 Å². The summed E-state index contributed by atoms with van der Waals surface area (Å²) in [6, 6.07) is 10.2. The van der Waals surface area contributed by atoms with Gasteiger partial charge in [0.1, 0.15) is 5.75 Å². The number of likely N-dealkylation sites (N-methyl/N-ethyl adjacent to an activating group) is 1. The molecule has 1 saturated heterocycles. The molecular weight excluding hydrogens is 368 g/mol. The molecule has 4 nitrogen and oxygen atoms in total. The first-order valence-corrected chi connectivity index (χ1v) is 9.22. The molecule has 1 heterocycles. The summed E-state index contributed by atoms with van der Waals surface area (Å²) in [6.45, 7) is 5.01. The molecule has 5 heteroatoms. The lowest BCUT2D eigenvalue weighted by Gasteiger charge is -2.23. The Hall–Kier alpha value is -1.59. The Balaban J connectivity index is 1.84. The van der Waals surface area contributed by atoms with Crippen molar-refractivity contribution in [1.82, 2.24) is 10.2 Å². The lowest BCUT2D eigenvalue weighted by atomic mass is 10.0. The van der Waals surface area contributed by atoms with Gasteiger partial charge in [0.2, 0.25) is 0 Å². The third-order valence-electron chi connectivity index (χ3n) is 4.80. The number of amides is 1. The van der Waals surface area contributed by atoms with Crippen LogP contribution >= 0.6 is 15.9 Å². The Morgan fingerprint density at radius 1 is 1.38 bits per heavy atom. The molecule has 0 spiro atoms. The number of rotatable bonds is 5. The van der Waals surface area contributed by atoms with Crippen LogP contribution in [0.15, 0.2) is 34.8 Å². The van der Waals surface area contributed by atoms with Crippen LogP contribution < -0.4 is 10.1 Å². The van der Waals surface area contributed by atoms with Crippen molar-refractivity contribution in [1.29, 1.82) is 0 Å². The summed E-state index contributed by atoms with van der Waals surface area (Å²) < 4.78 is 6.46. The molecule has 128 valence electrons. The topological polar surface area (TPSA) is 41.6 Å². The number of fused-ring (bicyclic) bond motifs is 1. The molecular formula is C19H23BrN2O2. The van der Waals surface area contributed by atoms with E-state index in [0.29, 0.717) is 23.9 Å². The minimum Gasteiger partial charge on any atom is -0.495 e. The summed E-state index contributed by atoms with van der Waals surface area (Å²) in [5.41, 5.74) is 0.573. The average molecular weight is 391 g/mol. The van der Waals surface area contributed by atoms with Gasteiger partial charge < -0.3 is 10.1 Å². The van der Waals surface area contributed by atoms with Crippen molar-refractivity contribution in [2.45, 2.75) is 25.8 Å². The van der Waals surface area contributed by atoms with Crippen LogP contribution in [0.5, 0.6) is 5.75 Å². The van der Waals surface area contributed by atoms with Crippen LogP contribution in [0.4, 0.5) is 0 Å². The van der Waals surface area contributed by atoms with Crippen LogP contribution in [0.25, 0.3) is 10.8 Å². The summed E-state index contributed by atoms with van der Waals surface area (Å²) in [6.07, 6.45) is 2.35. The molecule has 0 radical (unpaired) electrons. The molecule has 2 aromatic carbocycles. The van der Waals surface area contributed by atoms with Gasteiger partial charge in [-0.25, -0.2) is 0 Å². The summed E-state index contributed by atoms with van der Waals surface area (Å²) in [5, 5.41) is 5.07. The fourth-order valence-electron chi connectivity index (χ4n) is 3.54. The smallest absolute Gasteiger partial charge is 0.255 e. The Kier molecular flexibility index (Phi) is 5.41. The van der Waals surface area contributed by atoms with Crippen molar-refractivity contribution in [3.63, 3.8) is 0 Å². The first-order valence-electron chi connectivity index (χ1n) is 8.43. The van der Waals surface area contributed by atoms with E-state index in [2.05, 4.69) is 33.1 Å². The Morgan fingerprint density at radius 2 is 2.12 bits per heavy atom. The SMILES string of the molecule is CCN1CCCC1CNC(=O)c1cc(Br)c2ccccc2c1OC. The van der Waals surface area contributed by atoms with Gasteiger partial charge in [-0.3, -0.25) is 9.69 Å². The van der Waals surface area contributed by atoms with Crippen LogP contribution in [-0.2, 0) is 0 Å². The molecule has 1 aliphatic rings. The average Bonchev–Trinajstić information content (AvgIpc) is 3.07. The summed E-state index contributed by atoms with van der Waals surface area (Å²) >= 11 is 3.57. The molecule has 1 atom stereocenters. The zero-order valence-corrected chi connectivity index (χ0v) is 15.7. The van der Waals surface area contributed by atoms with Gasteiger partial charge in [-0.15, -0.1) is 0 Å². The van der Waals surface area contributed by atoms with Gasteiger partial charge in [0, 0.05) is 22.4 Å². The lowest BCUT2D eigenvalue weighted by Crippen LogP contribution is -2.40. The van der Waals surface area contributed by atoms with Crippen molar-refractivity contribution >= 4 is 32.6 Å². The second kappa shape index (κ2) is 7.53. The van der Waals surface area contributed by atoms with Crippen molar-refractivity contribution in [2.24, 2.45) is 0 Å². The van der Waals surface area contributed by atoms with E-state index in [0.717, 1.165) is 34.8 Å². The second-order valence-electron chi connectivity index (χ2n) is 6.12. The minimum absolute atomic E-state index is 0.0822. The van der Waals surface area contributed by atoms with E-state index in [4.69, 9.17) is 4.74 Å². The number of likely N-dealkylation sites (tertiary alicyclic amines) is 1. The maximum atomic E-state index is 12.7. The first kappa shape index (κ1) is 17.2. The number of benzene rings is 2. The summed E-state index contributed by atoms with van der Waals surface area (Å²) in [5.74, 6) is 0.548. The van der Waals surface area contributed by atoms with Crippen molar-refractivity contribution in [3.05, 3.63) is 40.4 Å². The first-order chi connectivity index (χ1) is 11.7. The van der Waals surface area contributed by atoms with E-state index in [1.807, 2.05) is 30.3 Å². The van der Waals surface area contributed by atoms with Gasteiger partial charge in [-0.2, -0.15) is 0 Å². The van der Waals surface area contributed by atoms with Crippen LogP contribution in [0.3, 0.4) is 0 Å². The highest BCUT2D eigenvalue weighted by molar-refractivity contribution is 9.10. The number of hydrogen-bond donors (Lipinski definition) is 1. The number of nitrogens with zero attached hydrogens (tertiary/aromatic N) is 1. The molecule has 0 aromatic heterocycles. The molecule has 0 saturated carbocycles. The van der Waals surface area contributed by atoms with E-state index in [-0.39, 0.29) is 5.91 Å². The molecule has 0 bridgehead atoms. The van der Waals surface area contributed by atoms with E-state index in [9.17, 15) is 4.79 Å². The van der Waals surface area contributed by atoms with E-state index in [1.54, 1.807) is 7.11 Å². The molecule has 1 aliphatic heterocycles. The number of hydrogen-bond acceptors (Lipinski definition) is 3. The molecule has 1 fully saturated rings. The highest BCUT2D eigenvalue weighted by Gasteiger charge is 2.24.